The van der Waals surface area contributed by atoms with E-state index in [1.807, 2.05) is 0 Å². The van der Waals surface area contributed by atoms with E-state index >= 15 is 0 Å². The molecule has 4 N–H and O–H groups in total. The van der Waals surface area contributed by atoms with Crippen LogP contribution in [-0.4, -0.2) is 50.0 Å². The zero-order valence-electron chi connectivity index (χ0n) is 11.4. The Kier molecular flexibility index (Phi) is 4.86. The highest BCUT2D eigenvalue weighted by Gasteiger charge is 2.20. The number of rotatable bonds is 5. The molecule has 0 spiro atoms. The summed E-state index contributed by atoms with van der Waals surface area (Å²) < 4.78 is 26.8. The average Bonchev–Trinajstić information content (AvgIpc) is 2.47. The van der Waals surface area contributed by atoms with Gasteiger partial charge in [0.1, 0.15) is 4.90 Å². The summed E-state index contributed by atoms with van der Waals surface area (Å²) in [6.07, 6.45) is 4.48. The lowest BCUT2D eigenvalue weighted by atomic mass is 9.98. The molecule has 1 fully saturated rings. The number of nitrogens with two attached hydrogens (primary N) is 1. The summed E-state index contributed by atoms with van der Waals surface area (Å²) in [4.78, 5) is 9.88. The normalized spacial score (nSPS) is 18.1. The van der Waals surface area contributed by atoms with Crippen LogP contribution in [0.4, 0.5) is 5.95 Å². The molecule has 0 amide bonds. The predicted octanol–water partition coefficient (Wildman–Crippen LogP) is -0.618. The maximum absolute atomic E-state index is 12.1. The van der Waals surface area contributed by atoms with E-state index in [1.165, 1.54) is 12.4 Å². The fraction of sp³-hybridized carbons (Fsp3) is 0.636. The molecular weight excluding hydrogens is 280 g/mol. The minimum atomic E-state index is -3.56. The third-order valence-electron chi connectivity index (χ3n) is 3.47. The molecule has 1 aromatic rings. The van der Waals surface area contributed by atoms with Crippen LogP contribution in [-0.2, 0) is 10.0 Å². The summed E-state index contributed by atoms with van der Waals surface area (Å²) in [5.74, 6) is 5.69. The van der Waals surface area contributed by atoms with E-state index in [1.54, 1.807) is 0 Å². The molecule has 20 heavy (non-hydrogen) atoms. The van der Waals surface area contributed by atoms with Crippen LogP contribution in [0.1, 0.15) is 12.8 Å². The van der Waals surface area contributed by atoms with Gasteiger partial charge in [-0.05, 0) is 38.9 Å². The molecule has 0 aromatic carbocycles. The monoisotopic (exact) mass is 300 g/mol. The number of sulfonamides is 1. The Morgan fingerprint density at radius 1 is 1.35 bits per heavy atom. The Morgan fingerprint density at radius 3 is 2.50 bits per heavy atom. The molecule has 0 bridgehead atoms. The SMILES string of the molecule is CN1CCC(CNS(=O)(=O)c2cnc(NN)nc2)CC1. The van der Waals surface area contributed by atoms with E-state index in [4.69, 9.17) is 5.84 Å². The van der Waals surface area contributed by atoms with Crippen LogP contribution in [0, 0.1) is 5.92 Å². The first-order chi connectivity index (χ1) is 9.51. The number of nitrogens with zero attached hydrogens (tertiary/aromatic N) is 3. The molecule has 0 aliphatic carbocycles. The van der Waals surface area contributed by atoms with Gasteiger partial charge in [0, 0.05) is 6.54 Å². The van der Waals surface area contributed by atoms with Crippen molar-refractivity contribution in [1.29, 1.82) is 0 Å². The Labute approximate surface area is 118 Å². The van der Waals surface area contributed by atoms with Crippen molar-refractivity contribution < 1.29 is 8.42 Å². The Hall–Kier alpha value is -1.29. The van der Waals surface area contributed by atoms with Gasteiger partial charge < -0.3 is 4.90 Å². The minimum Gasteiger partial charge on any atom is -0.306 e. The summed E-state index contributed by atoms with van der Waals surface area (Å²) in [7, 11) is -1.48. The van der Waals surface area contributed by atoms with Crippen molar-refractivity contribution in [2.24, 2.45) is 11.8 Å². The minimum absolute atomic E-state index is 0.0458. The van der Waals surface area contributed by atoms with Crippen LogP contribution in [0.25, 0.3) is 0 Å². The summed E-state index contributed by atoms with van der Waals surface area (Å²) in [5, 5.41) is 0. The fourth-order valence-electron chi connectivity index (χ4n) is 2.11. The first kappa shape index (κ1) is 15.1. The molecule has 112 valence electrons. The standard InChI is InChI=1S/C11H20N6O2S/c1-17-4-2-9(3-5-17)6-15-20(18,19)10-7-13-11(16-12)14-8-10/h7-9,15H,2-6,12H2,1H3,(H,13,14,16). The fourth-order valence-corrected chi connectivity index (χ4v) is 3.11. The average molecular weight is 300 g/mol. The van der Waals surface area contributed by atoms with Gasteiger partial charge in [-0.15, -0.1) is 0 Å². The highest BCUT2D eigenvalue weighted by molar-refractivity contribution is 7.89. The zero-order chi connectivity index (χ0) is 14.6. The molecule has 1 aliphatic heterocycles. The van der Waals surface area contributed by atoms with Crippen molar-refractivity contribution in [3.8, 4) is 0 Å². The van der Waals surface area contributed by atoms with Crippen LogP contribution in [0.3, 0.4) is 0 Å². The summed E-state index contributed by atoms with van der Waals surface area (Å²) in [5.41, 5.74) is 2.25. The van der Waals surface area contributed by atoms with E-state index in [-0.39, 0.29) is 10.8 Å². The second-order valence-corrected chi connectivity index (χ2v) is 6.75. The lowest BCUT2D eigenvalue weighted by Gasteiger charge is -2.28. The van der Waals surface area contributed by atoms with Crippen molar-refractivity contribution in [2.45, 2.75) is 17.7 Å². The van der Waals surface area contributed by atoms with Crippen molar-refractivity contribution >= 4 is 16.0 Å². The highest BCUT2D eigenvalue weighted by atomic mass is 32.2. The van der Waals surface area contributed by atoms with Gasteiger partial charge in [0.2, 0.25) is 16.0 Å². The number of likely N-dealkylation sites (tertiary alicyclic amines) is 1. The second-order valence-electron chi connectivity index (χ2n) is 4.99. The van der Waals surface area contributed by atoms with Gasteiger partial charge in [-0.2, -0.15) is 0 Å². The van der Waals surface area contributed by atoms with Gasteiger partial charge in [-0.25, -0.2) is 29.0 Å². The van der Waals surface area contributed by atoms with Crippen molar-refractivity contribution in [2.75, 3.05) is 32.1 Å². The van der Waals surface area contributed by atoms with Crippen molar-refractivity contribution in [1.82, 2.24) is 19.6 Å². The number of hydrazine groups is 1. The maximum atomic E-state index is 12.1. The molecular formula is C11H20N6O2S. The van der Waals surface area contributed by atoms with Gasteiger partial charge >= 0.3 is 0 Å². The van der Waals surface area contributed by atoms with Crippen molar-refractivity contribution in [3.05, 3.63) is 12.4 Å². The lowest BCUT2D eigenvalue weighted by Crippen LogP contribution is -2.36. The van der Waals surface area contributed by atoms with Crippen LogP contribution in [0.2, 0.25) is 0 Å². The maximum Gasteiger partial charge on any atom is 0.243 e. The molecule has 8 nitrogen and oxygen atoms in total. The van der Waals surface area contributed by atoms with E-state index in [2.05, 4.69) is 32.1 Å². The number of aromatic nitrogens is 2. The molecule has 2 heterocycles. The molecule has 1 aromatic heterocycles. The Morgan fingerprint density at radius 2 is 1.95 bits per heavy atom. The zero-order valence-corrected chi connectivity index (χ0v) is 12.2. The van der Waals surface area contributed by atoms with Gasteiger partial charge in [0.05, 0.1) is 12.4 Å². The summed E-state index contributed by atoms with van der Waals surface area (Å²) >= 11 is 0. The van der Waals surface area contributed by atoms with Gasteiger partial charge in [0.15, 0.2) is 0 Å². The summed E-state index contributed by atoms with van der Waals surface area (Å²) in [6.45, 7) is 2.46. The van der Waals surface area contributed by atoms with Gasteiger partial charge in [-0.1, -0.05) is 0 Å². The Balaban J connectivity index is 1.93. The number of piperidine rings is 1. The van der Waals surface area contributed by atoms with Crippen LogP contribution in [0.15, 0.2) is 17.3 Å². The first-order valence-corrected chi connectivity index (χ1v) is 7.96. The summed E-state index contributed by atoms with van der Waals surface area (Å²) in [6, 6.07) is 0. The molecule has 1 aliphatic rings. The molecule has 0 radical (unpaired) electrons. The van der Waals surface area contributed by atoms with Gasteiger partial charge in [-0.3, -0.25) is 5.43 Å². The largest absolute Gasteiger partial charge is 0.306 e. The quantitative estimate of drug-likeness (QED) is 0.490. The molecule has 2 rings (SSSR count). The molecule has 1 saturated heterocycles. The second kappa shape index (κ2) is 6.44. The smallest absolute Gasteiger partial charge is 0.243 e. The number of nitrogen functional groups attached to an aromatic ring is 1. The van der Waals surface area contributed by atoms with E-state index in [0.29, 0.717) is 12.5 Å². The number of hydrogen-bond donors (Lipinski definition) is 3. The highest BCUT2D eigenvalue weighted by Crippen LogP contribution is 2.16. The van der Waals surface area contributed by atoms with Gasteiger partial charge in [0.25, 0.3) is 0 Å². The predicted molar refractivity (Wildman–Crippen MR) is 75.3 cm³/mol. The first-order valence-electron chi connectivity index (χ1n) is 6.48. The van der Waals surface area contributed by atoms with Crippen molar-refractivity contribution in [3.63, 3.8) is 0 Å². The number of nitrogens with one attached hydrogen (secondary N) is 2. The molecule has 9 heteroatoms. The topological polar surface area (TPSA) is 113 Å². The van der Waals surface area contributed by atoms with E-state index < -0.39 is 10.0 Å². The number of hydrogen-bond acceptors (Lipinski definition) is 7. The van der Waals surface area contributed by atoms with Crippen LogP contribution < -0.4 is 16.0 Å². The molecule has 0 atom stereocenters. The van der Waals surface area contributed by atoms with E-state index in [9.17, 15) is 8.42 Å². The third kappa shape index (κ3) is 3.85. The molecule has 0 unspecified atom stereocenters. The third-order valence-corrected chi connectivity index (χ3v) is 4.85. The lowest BCUT2D eigenvalue weighted by molar-refractivity contribution is 0.220. The van der Waals surface area contributed by atoms with Crippen LogP contribution >= 0.6 is 0 Å². The molecule has 0 saturated carbocycles. The van der Waals surface area contributed by atoms with E-state index in [0.717, 1.165) is 25.9 Å². The Bertz CT molecular complexity index is 524. The number of anilines is 1. The van der Waals surface area contributed by atoms with Crippen LogP contribution in [0.5, 0.6) is 0 Å².